The maximum Gasteiger partial charge on any atom is 0.133 e. The highest BCUT2D eigenvalue weighted by atomic mass is 16.3. The molecule has 0 unspecified atom stereocenters. The van der Waals surface area contributed by atoms with Gasteiger partial charge < -0.3 is 5.11 Å². The van der Waals surface area contributed by atoms with E-state index in [1.54, 1.807) is 18.3 Å². The molecule has 0 aliphatic carbocycles. The number of aromatic hydroxyl groups is 1. The minimum atomic E-state index is 0.181. The lowest BCUT2D eigenvalue weighted by Gasteiger charge is -2.04. The summed E-state index contributed by atoms with van der Waals surface area (Å²) in [6, 6.07) is 5.35. The van der Waals surface area contributed by atoms with E-state index in [9.17, 15) is 0 Å². The summed E-state index contributed by atoms with van der Waals surface area (Å²) in [6.07, 6.45) is 4.24. The van der Waals surface area contributed by atoms with Crippen LogP contribution in [0.1, 0.15) is 13.3 Å². The predicted octanol–water partition coefficient (Wildman–Crippen LogP) is 2.06. The first kappa shape index (κ1) is 9.71. The zero-order chi connectivity index (χ0) is 10.7. The lowest BCUT2D eigenvalue weighted by molar-refractivity contribution is 0.473. The summed E-state index contributed by atoms with van der Waals surface area (Å²) in [5.41, 5.74) is 1.82. The normalized spacial score (nSPS) is 10.5. The molecule has 0 spiro atoms. The Labute approximate surface area is 88.2 Å². The summed E-state index contributed by atoms with van der Waals surface area (Å²) >= 11 is 0. The Balaban J connectivity index is 2.36. The van der Waals surface area contributed by atoms with Crippen LogP contribution in [0.4, 0.5) is 0 Å². The van der Waals surface area contributed by atoms with Crippen molar-refractivity contribution in [1.82, 2.24) is 14.8 Å². The topological polar surface area (TPSA) is 50.9 Å². The van der Waals surface area contributed by atoms with Crippen LogP contribution in [0.25, 0.3) is 11.4 Å². The number of hydrogen-bond donors (Lipinski definition) is 1. The van der Waals surface area contributed by atoms with Crippen LogP contribution >= 0.6 is 0 Å². The van der Waals surface area contributed by atoms with Crippen LogP contribution in [0.3, 0.4) is 0 Å². The van der Waals surface area contributed by atoms with E-state index in [1.807, 2.05) is 10.7 Å². The minimum Gasteiger partial charge on any atom is -0.506 e. The van der Waals surface area contributed by atoms with Crippen LogP contribution in [0.5, 0.6) is 5.75 Å². The smallest absolute Gasteiger partial charge is 0.133 e. The molecule has 0 saturated heterocycles. The lowest BCUT2D eigenvalue weighted by Crippen LogP contribution is -2.01. The molecule has 0 fully saturated rings. The molecule has 0 atom stereocenters. The van der Waals surface area contributed by atoms with Crippen molar-refractivity contribution < 1.29 is 5.11 Å². The first-order valence-electron chi connectivity index (χ1n) is 4.98. The Morgan fingerprint density at radius 3 is 2.87 bits per heavy atom. The molecule has 2 heterocycles. The molecule has 78 valence electrons. The molecule has 0 amide bonds. The number of hydrogen-bond acceptors (Lipinski definition) is 3. The fourth-order valence-corrected chi connectivity index (χ4v) is 1.48. The van der Waals surface area contributed by atoms with E-state index in [0.29, 0.717) is 0 Å². The Morgan fingerprint density at radius 1 is 1.33 bits per heavy atom. The molecule has 2 aromatic rings. The predicted molar refractivity (Wildman–Crippen MR) is 57.4 cm³/mol. The van der Waals surface area contributed by atoms with Gasteiger partial charge in [0.1, 0.15) is 5.75 Å². The molecule has 4 heteroatoms. The van der Waals surface area contributed by atoms with Crippen molar-refractivity contribution in [2.45, 2.75) is 19.9 Å². The largest absolute Gasteiger partial charge is 0.506 e. The molecule has 0 saturated carbocycles. The number of nitrogens with zero attached hydrogens (tertiary/aromatic N) is 3. The summed E-state index contributed by atoms with van der Waals surface area (Å²) in [7, 11) is 0. The Bertz CT molecular complexity index is 433. The van der Waals surface area contributed by atoms with E-state index in [1.165, 1.54) is 6.20 Å². The second-order valence-electron chi connectivity index (χ2n) is 3.34. The molecule has 0 aliphatic rings. The quantitative estimate of drug-likeness (QED) is 0.830. The Hall–Kier alpha value is -1.84. The van der Waals surface area contributed by atoms with Crippen LogP contribution in [0.15, 0.2) is 30.6 Å². The maximum absolute atomic E-state index is 9.14. The van der Waals surface area contributed by atoms with E-state index < -0.39 is 0 Å². The highest BCUT2D eigenvalue weighted by molar-refractivity contribution is 5.54. The third kappa shape index (κ3) is 1.98. The van der Waals surface area contributed by atoms with Gasteiger partial charge in [0.2, 0.25) is 0 Å². The van der Waals surface area contributed by atoms with Gasteiger partial charge in [-0.2, -0.15) is 5.10 Å². The molecule has 2 rings (SSSR count). The van der Waals surface area contributed by atoms with Gasteiger partial charge in [0, 0.05) is 12.7 Å². The van der Waals surface area contributed by atoms with Gasteiger partial charge in [-0.1, -0.05) is 6.92 Å². The van der Waals surface area contributed by atoms with Gasteiger partial charge >= 0.3 is 0 Å². The van der Waals surface area contributed by atoms with Crippen molar-refractivity contribution in [3.05, 3.63) is 30.6 Å². The van der Waals surface area contributed by atoms with Crippen LogP contribution in [0, 0.1) is 0 Å². The van der Waals surface area contributed by atoms with E-state index in [0.717, 1.165) is 24.4 Å². The van der Waals surface area contributed by atoms with Gasteiger partial charge in [0.05, 0.1) is 17.6 Å². The summed E-state index contributed by atoms with van der Waals surface area (Å²) in [6.45, 7) is 2.99. The second-order valence-corrected chi connectivity index (χ2v) is 3.34. The zero-order valence-electron chi connectivity index (χ0n) is 8.59. The number of aryl methyl sites for hydroxylation is 1. The van der Waals surface area contributed by atoms with E-state index in [-0.39, 0.29) is 5.75 Å². The minimum absolute atomic E-state index is 0.181. The Morgan fingerprint density at radius 2 is 2.20 bits per heavy atom. The summed E-state index contributed by atoms with van der Waals surface area (Å²) < 4.78 is 1.92. The molecule has 2 aromatic heterocycles. The van der Waals surface area contributed by atoms with Crippen LogP contribution < -0.4 is 0 Å². The molecule has 0 aromatic carbocycles. The van der Waals surface area contributed by atoms with Gasteiger partial charge in [-0.3, -0.25) is 9.67 Å². The van der Waals surface area contributed by atoms with Crippen molar-refractivity contribution >= 4 is 0 Å². The number of pyridine rings is 1. The average Bonchev–Trinajstić information content (AvgIpc) is 2.68. The van der Waals surface area contributed by atoms with Gasteiger partial charge in [0.15, 0.2) is 0 Å². The van der Waals surface area contributed by atoms with Crippen molar-refractivity contribution in [1.29, 1.82) is 0 Å². The molecule has 15 heavy (non-hydrogen) atoms. The highest BCUT2D eigenvalue weighted by Crippen LogP contribution is 2.18. The van der Waals surface area contributed by atoms with Crippen LogP contribution in [-0.2, 0) is 6.54 Å². The maximum atomic E-state index is 9.14. The molecule has 1 N–H and O–H groups in total. The summed E-state index contributed by atoms with van der Waals surface area (Å²) in [4.78, 5) is 4.15. The highest BCUT2D eigenvalue weighted by Gasteiger charge is 2.05. The van der Waals surface area contributed by atoms with Gasteiger partial charge in [-0.05, 0) is 24.6 Å². The molecule has 0 bridgehead atoms. The van der Waals surface area contributed by atoms with Crippen molar-refractivity contribution in [2.75, 3.05) is 0 Å². The van der Waals surface area contributed by atoms with E-state index in [2.05, 4.69) is 17.0 Å². The fourth-order valence-electron chi connectivity index (χ4n) is 1.48. The number of aromatic nitrogens is 3. The molecule has 0 aliphatic heterocycles. The molecule has 4 nitrogen and oxygen atoms in total. The molecular weight excluding hydrogens is 190 g/mol. The van der Waals surface area contributed by atoms with Crippen molar-refractivity contribution in [3.63, 3.8) is 0 Å². The third-order valence-electron chi connectivity index (χ3n) is 2.16. The Kier molecular flexibility index (Phi) is 2.67. The van der Waals surface area contributed by atoms with Crippen molar-refractivity contribution in [3.8, 4) is 17.1 Å². The molecular formula is C11H13N3O. The lowest BCUT2D eigenvalue weighted by atomic mass is 10.2. The van der Waals surface area contributed by atoms with Gasteiger partial charge in [-0.25, -0.2) is 0 Å². The average molecular weight is 203 g/mol. The summed E-state index contributed by atoms with van der Waals surface area (Å²) in [5.74, 6) is 0.181. The first-order valence-corrected chi connectivity index (χ1v) is 4.98. The van der Waals surface area contributed by atoms with Gasteiger partial charge in [-0.15, -0.1) is 0 Å². The third-order valence-corrected chi connectivity index (χ3v) is 2.16. The summed E-state index contributed by atoms with van der Waals surface area (Å²) in [5, 5.41) is 13.4. The van der Waals surface area contributed by atoms with Gasteiger partial charge in [0.25, 0.3) is 0 Å². The van der Waals surface area contributed by atoms with Crippen LogP contribution in [-0.4, -0.2) is 19.9 Å². The number of rotatable bonds is 3. The molecule has 0 radical (unpaired) electrons. The van der Waals surface area contributed by atoms with E-state index >= 15 is 0 Å². The van der Waals surface area contributed by atoms with E-state index in [4.69, 9.17) is 5.11 Å². The standard InChI is InChI=1S/C11H13N3O/c1-2-7-14-11(5-6-13-14)10-4-3-9(15)8-12-10/h3-6,8,15H,2,7H2,1H3. The monoisotopic (exact) mass is 203 g/mol. The fraction of sp³-hybridized carbons (Fsp3) is 0.273. The SMILES string of the molecule is CCCn1nccc1-c1ccc(O)cn1. The zero-order valence-corrected chi connectivity index (χ0v) is 8.59. The second kappa shape index (κ2) is 4.13. The van der Waals surface area contributed by atoms with Crippen LogP contribution in [0.2, 0.25) is 0 Å². The first-order chi connectivity index (χ1) is 7.31. The van der Waals surface area contributed by atoms with Crippen molar-refractivity contribution in [2.24, 2.45) is 0 Å².